The normalized spacial score (nSPS) is 15.0. The Labute approximate surface area is 87.0 Å². The smallest absolute Gasteiger partial charge is 0.0613 e. The number of pyridine rings is 1. The lowest BCUT2D eigenvalue weighted by atomic mass is 9.94. The summed E-state index contributed by atoms with van der Waals surface area (Å²) in [6.45, 7) is 5.62. The molecule has 0 fully saturated rings. The van der Waals surface area contributed by atoms with E-state index in [1.165, 1.54) is 0 Å². The van der Waals surface area contributed by atoms with Crippen LogP contribution in [0.15, 0.2) is 35.5 Å². The zero-order valence-corrected chi connectivity index (χ0v) is 9.21. The van der Waals surface area contributed by atoms with Crippen LogP contribution >= 0.6 is 15.9 Å². The van der Waals surface area contributed by atoms with Gasteiger partial charge in [-0.3, -0.25) is 4.98 Å². The van der Waals surface area contributed by atoms with Crippen LogP contribution < -0.4 is 5.73 Å². The minimum atomic E-state index is -0.425. The third kappa shape index (κ3) is 2.64. The Balaban J connectivity index is 2.99. The molecule has 0 aliphatic carbocycles. The average Bonchev–Trinajstić information content (AvgIpc) is 2.04. The molecule has 0 aromatic carbocycles. The maximum Gasteiger partial charge on any atom is 0.0613 e. The fourth-order valence-corrected chi connectivity index (χ4v) is 1.46. The van der Waals surface area contributed by atoms with Crippen molar-refractivity contribution >= 4 is 15.9 Å². The van der Waals surface area contributed by atoms with E-state index in [0.717, 1.165) is 16.6 Å². The number of hydrogen-bond donors (Lipinski definition) is 1. The molecule has 0 unspecified atom stereocenters. The van der Waals surface area contributed by atoms with E-state index < -0.39 is 5.54 Å². The second-order valence-electron chi connectivity index (χ2n) is 3.27. The molecule has 0 saturated heterocycles. The van der Waals surface area contributed by atoms with E-state index in [4.69, 9.17) is 5.73 Å². The maximum absolute atomic E-state index is 6.06. The van der Waals surface area contributed by atoms with Crippen LogP contribution in [0.5, 0.6) is 0 Å². The van der Waals surface area contributed by atoms with Gasteiger partial charge in [-0.15, -0.1) is 6.58 Å². The van der Waals surface area contributed by atoms with Crippen molar-refractivity contribution in [1.29, 1.82) is 0 Å². The molecule has 0 bridgehead atoms. The van der Waals surface area contributed by atoms with Gasteiger partial charge in [0.05, 0.1) is 11.2 Å². The Bertz CT molecular complexity index is 308. The van der Waals surface area contributed by atoms with Crippen LogP contribution in [0, 0.1) is 0 Å². The van der Waals surface area contributed by atoms with E-state index in [1.807, 2.05) is 25.1 Å². The highest BCUT2D eigenvalue weighted by Crippen LogP contribution is 2.22. The Morgan fingerprint density at radius 2 is 2.46 bits per heavy atom. The van der Waals surface area contributed by atoms with Crippen LogP contribution in [0.3, 0.4) is 0 Å². The quantitative estimate of drug-likeness (QED) is 0.826. The van der Waals surface area contributed by atoms with Crippen LogP contribution in [0.25, 0.3) is 0 Å². The highest BCUT2D eigenvalue weighted by atomic mass is 79.9. The van der Waals surface area contributed by atoms with E-state index >= 15 is 0 Å². The third-order valence-corrected chi connectivity index (χ3v) is 2.37. The molecule has 70 valence electrons. The van der Waals surface area contributed by atoms with Crippen LogP contribution in [0.4, 0.5) is 0 Å². The Morgan fingerprint density at radius 1 is 1.77 bits per heavy atom. The fourth-order valence-electron chi connectivity index (χ4n) is 1.12. The summed E-state index contributed by atoms with van der Waals surface area (Å²) in [7, 11) is 0. The largest absolute Gasteiger partial charge is 0.320 e. The number of aromatic nitrogens is 1. The minimum absolute atomic E-state index is 0.425. The van der Waals surface area contributed by atoms with Crippen molar-refractivity contribution in [3.05, 3.63) is 41.2 Å². The van der Waals surface area contributed by atoms with E-state index in [1.54, 1.807) is 6.20 Å². The molecule has 0 aliphatic heterocycles. The number of rotatable bonds is 3. The monoisotopic (exact) mass is 240 g/mol. The molecule has 0 radical (unpaired) electrons. The van der Waals surface area contributed by atoms with E-state index in [-0.39, 0.29) is 0 Å². The van der Waals surface area contributed by atoms with Gasteiger partial charge in [0.1, 0.15) is 0 Å². The lowest BCUT2D eigenvalue weighted by molar-refractivity contribution is 0.486. The zero-order chi connectivity index (χ0) is 9.90. The van der Waals surface area contributed by atoms with Crippen LogP contribution in [-0.2, 0) is 5.54 Å². The molecular formula is C10H13BrN2. The summed E-state index contributed by atoms with van der Waals surface area (Å²) in [4.78, 5) is 4.23. The number of halogens is 1. The minimum Gasteiger partial charge on any atom is -0.320 e. The maximum atomic E-state index is 6.06. The number of hydrogen-bond acceptors (Lipinski definition) is 2. The lowest BCUT2D eigenvalue weighted by Gasteiger charge is -2.22. The molecule has 1 aromatic rings. The highest BCUT2D eigenvalue weighted by Gasteiger charge is 2.20. The Kier molecular flexibility index (Phi) is 3.22. The van der Waals surface area contributed by atoms with Gasteiger partial charge in [0, 0.05) is 10.7 Å². The van der Waals surface area contributed by atoms with Crippen molar-refractivity contribution in [2.24, 2.45) is 5.73 Å². The second kappa shape index (κ2) is 4.03. The second-order valence-corrected chi connectivity index (χ2v) is 4.19. The Morgan fingerprint density at radius 3 is 3.00 bits per heavy atom. The van der Waals surface area contributed by atoms with E-state index in [2.05, 4.69) is 27.5 Å². The summed E-state index contributed by atoms with van der Waals surface area (Å²) in [5.74, 6) is 0. The molecule has 0 saturated carbocycles. The van der Waals surface area contributed by atoms with Gasteiger partial charge >= 0.3 is 0 Å². The zero-order valence-electron chi connectivity index (χ0n) is 7.63. The number of nitrogens with two attached hydrogens (primary N) is 1. The molecule has 2 nitrogen and oxygen atoms in total. The fraction of sp³-hybridized carbons (Fsp3) is 0.300. The molecule has 3 heteroatoms. The molecule has 13 heavy (non-hydrogen) atoms. The van der Waals surface area contributed by atoms with E-state index in [9.17, 15) is 0 Å². The van der Waals surface area contributed by atoms with Gasteiger partial charge in [-0.2, -0.15) is 0 Å². The first kappa shape index (κ1) is 10.4. The number of nitrogens with zero attached hydrogens (tertiary/aromatic N) is 1. The molecule has 0 aliphatic rings. The molecule has 1 atom stereocenters. The molecule has 1 heterocycles. The van der Waals surface area contributed by atoms with Gasteiger partial charge in [0.2, 0.25) is 0 Å². The summed E-state index contributed by atoms with van der Waals surface area (Å²) in [6, 6.07) is 3.82. The van der Waals surface area contributed by atoms with Gasteiger partial charge in [0.25, 0.3) is 0 Å². The van der Waals surface area contributed by atoms with Gasteiger partial charge in [-0.25, -0.2) is 0 Å². The summed E-state index contributed by atoms with van der Waals surface area (Å²) in [5.41, 5.74) is 6.51. The molecule has 0 amide bonds. The van der Waals surface area contributed by atoms with Gasteiger partial charge in [-0.05, 0) is 25.5 Å². The molecule has 2 N–H and O–H groups in total. The van der Waals surface area contributed by atoms with Crippen molar-refractivity contribution in [3.63, 3.8) is 0 Å². The topological polar surface area (TPSA) is 38.9 Å². The molecule has 1 rings (SSSR count). The van der Waals surface area contributed by atoms with Gasteiger partial charge < -0.3 is 5.73 Å². The molecule has 1 aromatic heterocycles. The SMILES string of the molecule is C=CC[C@](C)(N)c1cc(Br)ccn1. The van der Waals surface area contributed by atoms with Crippen molar-refractivity contribution in [3.8, 4) is 0 Å². The average molecular weight is 241 g/mol. The lowest BCUT2D eigenvalue weighted by Crippen LogP contribution is -2.33. The summed E-state index contributed by atoms with van der Waals surface area (Å²) < 4.78 is 0.998. The first-order chi connectivity index (χ1) is 6.06. The van der Waals surface area contributed by atoms with Crippen molar-refractivity contribution in [2.45, 2.75) is 18.9 Å². The van der Waals surface area contributed by atoms with E-state index in [0.29, 0.717) is 0 Å². The summed E-state index contributed by atoms with van der Waals surface area (Å²) in [5, 5.41) is 0. The van der Waals surface area contributed by atoms with Crippen molar-refractivity contribution in [1.82, 2.24) is 4.98 Å². The first-order valence-electron chi connectivity index (χ1n) is 4.08. The predicted molar refractivity (Wildman–Crippen MR) is 58.3 cm³/mol. The highest BCUT2D eigenvalue weighted by molar-refractivity contribution is 9.10. The standard InChI is InChI=1S/C10H13BrN2/c1-3-5-10(2,12)9-7-8(11)4-6-13-9/h3-4,6-7H,1,5,12H2,2H3/t10-/m0/s1. The van der Waals surface area contributed by atoms with Crippen LogP contribution in [0.2, 0.25) is 0 Å². The molecular weight excluding hydrogens is 228 g/mol. The van der Waals surface area contributed by atoms with Crippen LogP contribution in [0.1, 0.15) is 19.0 Å². The van der Waals surface area contributed by atoms with Crippen molar-refractivity contribution in [2.75, 3.05) is 0 Å². The predicted octanol–water partition coefficient (Wildman–Crippen LogP) is 2.59. The summed E-state index contributed by atoms with van der Waals surface area (Å²) in [6.07, 6.45) is 4.27. The first-order valence-corrected chi connectivity index (χ1v) is 4.87. The third-order valence-electron chi connectivity index (χ3n) is 1.88. The van der Waals surface area contributed by atoms with Crippen molar-refractivity contribution < 1.29 is 0 Å². The molecule has 0 spiro atoms. The Hall–Kier alpha value is -0.670. The summed E-state index contributed by atoms with van der Waals surface area (Å²) >= 11 is 3.38. The van der Waals surface area contributed by atoms with Gasteiger partial charge in [0.15, 0.2) is 0 Å². The van der Waals surface area contributed by atoms with Gasteiger partial charge in [-0.1, -0.05) is 22.0 Å². The van der Waals surface area contributed by atoms with Crippen LogP contribution in [-0.4, -0.2) is 4.98 Å².